The average molecular weight is 449 g/mol. The van der Waals surface area contributed by atoms with E-state index in [0.29, 0.717) is 30.9 Å². The predicted octanol–water partition coefficient (Wildman–Crippen LogP) is 4.04. The number of ether oxygens (including phenoxy) is 1. The molecule has 0 bridgehead atoms. The highest BCUT2D eigenvalue weighted by atomic mass is 32.2. The predicted molar refractivity (Wildman–Crippen MR) is 119 cm³/mol. The van der Waals surface area contributed by atoms with Crippen molar-refractivity contribution in [2.24, 2.45) is 0 Å². The number of amides is 2. The van der Waals surface area contributed by atoms with Crippen LogP contribution in [0.5, 0.6) is 5.75 Å². The first-order chi connectivity index (χ1) is 14.7. The first kappa shape index (κ1) is 24.2. The van der Waals surface area contributed by atoms with Crippen molar-refractivity contribution in [2.45, 2.75) is 33.2 Å². The van der Waals surface area contributed by atoms with Gasteiger partial charge >= 0.3 is 22.1 Å². The Morgan fingerprint density at radius 1 is 1.00 bits per heavy atom. The molecule has 0 fully saturated rings. The van der Waals surface area contributed by atoms with Gasteiger partial charge in [-0.1, -0.05) is 25.5 Å². The smallest absolute Gasteiger partial charge is 0.338 e. The van der Waals surface area contributed by atoms with E-state index in [1.165, 1.54) is 0 Å². The van der Waals surface area contributed by atoms with Crippen LogP contribution < -0.4 is 9.50 Å². The van der Waals surface area contributed by atoms with Crippen LogP contribution in [0.15, 0.2) is 48.5 Å². The third-order valence-electron chi connectivity index (χ3n) is 4.26. The van der Waals surface area contributed by atoms with E-state index in [9.17, 15) is 18.0 Å². The van der Waals surface area contributed by atoms with Crippen molar-refractivity contribution in [1.82, 2.24) is 4.90 Å². The molecule has 0 saturated heterocycles. The fourth-order valence-electron chi connectivity index (χ4n) is 2.75. The molecular weight excluding hydrogens is 420 g/mol. The van der Waals surface area contributed by atoms with Gasteiger partial charge in [0.05, 0.1) is 18.4 Å². The molecule has 0 unspecified atom stereocenters. The molecule has 2 amide bonds. The molecule has 168 valence electrons. The summed E-state index contributed by atoms with van der Waals surface area (Å²) in [7, 11) is -3.59. The number of nitrogens with one attached hydrogen (secondary N) is 1. The van der Waals surface area contributed by atoms with Gasteiger partial charge in [-0.2, -0.15) is 8.42 Å². The van der Waals surface area contributed by atoms with Crippen LogP contribution in [0.4, 0.5) is 10.5 Å². The Kier molecular flexibility index (Phi) is 8.87. The van der Waals surface area contributed by atoms with Crippen molar-refractivity contribution in [1.29, 1.82) is 0 Å². The molecule has 0 atom stereocenters. The van der Waals surface area contributed by atoms with Gasteiger partial charge in [-0.25, -0.2) is 9.59 Å². The maximum absolute atomic E-state index is 12.8. The van der Waals surface area contributed by atoms with Gasteiger partial charge < -0.3 is 19.1 Å². The Labute approximate surface area is 183 Å². The minimum atomic E-state index is -3.59. The summed E-state index contributed by atoms with van der Waals surface area (Å²) in [6.07, 6.45) is 2.75. The molecule has 2 aromatic carbocycles. The number of hydrogen-bond donors (Lipinski definition) is 1. The van der Waals surface area contributed by atoms with Gasteiger partial charge in [-0.3, -0.25) is 0 Å². The van der Waals surface area contributed by atoms with E-state index in [4.69, 9.17) is 8.92 Å². The minimum absolute atomic E-state index is 0.220. The van der Waals surface area contributed by atoms with Gasteiger partial charge in [0.15, 0.2) is 0 Å². The number of carbonyl (C=O) groups is 2. The topological polar surface area (TPSA) is 102 Å². The normalized spacial score (nSPS) is 10.9. The lowest BCUT2D eigenvalue weighted by atomic mass is 10.2. The second kappa shape index (κ2) is 11.4. The monoisotopic (exact) mass is 448 g/mol. The van der Waals surface area contributed by atoms with Crippen LogP contribution in [0.1, 0.15) is 42.6 Å². The Hall–Kier alpha value is -3.07. The summed E-state index contributed by atoms with van der Waals surface area (Å²) in [4.78, 5) is 26.2. The van der Waals surface area contributed by atoms with Crippen molar-refractivity contribution in [2.75, 3.05) is 24.7 Å². The number of nitrogens with zero attached hydrogens (tertiary/aromatic N) is 1. The van der Waals surface area contributed by atoms with E-state index in [0.717, 1.165) is 24.7 Å². The van der Waals surface area contributed by atoms with Crippen LogP contribution >= 0.6 is 0 Å². The summed E-state index contributed by atoms with van der Waals surface area (Å²) >= 11 is 0. The number of urea groups is 1. The lowest BCUT2D eigenvalue weighted by Crippen LogP contribution is -2.35. The molecule has 1 N–H and O–H groups in total. The number of anilines is 1. The number of hydrogen-bond acceptors (Lipinski definition) is 6. The number of esters is 1. The molecule has 9 heteroatoms. The molecule has 0 radical (unpaired) electrons. The highest BCUT2D eigenvalue weighted by molar-refractivity contribution is 7.86. The van der Waals surface area contributed by atoms with Crippen LogP contribution in [-0.2, 0) is 21.4 Å². The third-order valence-corrected chi connectivity index (χ3v) is 4.76. The second-order valence-corrected chi connectivity index (χ2v) is 8.51. The van der Waals surface area contributed by atoms with Crippen molar-refractivity contribution in [3.8, 4) is 5.75 Å². The van der Waals surface area contributed by atoms with Gasteiger partial charge in [0.25, 0.3) is 0 Å². The Morgan fingerprint density at radius 3 is 2.19 bits per heavy atom. The van der Waals surface area contributed by atoms with Crippen LogP contribution in [-0.4, -0.2) is 44.7 Å². The average Bonchev–Trinajstić information content (AvgIpc) is 2.72. The Balaban J connectivity index is 2.05. The largest absolute Gasteiger partial charge is 0.462 e. The summed E-state index contributed by atoms with van der Waals surface area (Å²) in [5.41, 5.74) is 1.82. The van der Waals surface area contributed by atoms with Gasteiger partial charge in [-0.05, 0) is 55.3 Å². The molecule has 0 aromatic heterocycles. The summed E-state index contributed by atoms with van der Waals surface area (Å²) in [6.45, 7) is 4.99. The zero-order valence-electron chi connectivity index (χ0n) is 18.0. The van der Waals surface area contributed by atoms with Gasteiger partial charge in [0, 0.05) is 18.8 Å². The number of benzene rings is 2. The maximum atomic E-state index is 12.8. The lowest BCUT2D eigenvalue weighted by Gasteiger charge is -2.23. The van der Waals surface area contributed by atoms with Crippen LogP contribution in [0.25, 0.3) is 0 Å². The highest BCUT2D eigenvalue weighted by Crippen LogP contribution is 2.17. The quantitative estimate of drug-likeness (QED) is 0.435. The maximum Gasteiger partial charge on any atom is 0.338 e. The van der Waals surface area contributed by atoms with Gasteiger partial charge in [0.1, 0.15) is 5.75 Å². The van der Waals surface area contributed by atoms with E-state index >= 15 is 0 Å². The second-order valence-electron chi connectivity index (χ2n) is 6.93. The summed E-state index contributed by atoms with van der Waals surface area (Å²) < 4.78 is 32.2. The first-order valence-electron chi connectivity index (χ1n) is 10.0. The SMILES string of the molecule is CCCCN(Cc1ccc(OS(C)(=O)=O)cc1)C(=O)Nc1ccc(C(=O)OCC)cc1. The number of rotatable bonds is 10. The summed E-state index contributed by atoms with van der Waals surface area (Å²) in [5, 5.41) is 2.84. The molecule has 0 aliphatic carbocycles. The molecule has 0 aliphatic rings. The van der Waals surface area contributed by atoms with E-state index in [2.05, 4.69) is 5.32 Å². The van der Waals surface area contributed by atoms with E-state index in [-0.39, 0.29) is 11.8 Å². The molecule has 0 saturated carbocycles. The van der Waals surface area contributed by atoms with Crippen molar-refractivity contribution < 1.29 is 26.9 Å². The molecule has 31 heavy (non-hydrogen) atoms. The van der Waals surface area contributed by atoms with Crippen LogP contribution in [0.2, 0.25) is 0 Å². The van der Waals surface area contributed by atoms with Gasteiger partial charge in [0.2, 0.25) is 0 Å². The molecule has 0 spiro atoms. The van der Waals surface area contributed by atoms with Crippen molar-refractivity contribution >= 4 is 27.8 Å². The Morgan fingerprint density at radius 2 is 1.65 bits per heavy atom. The van der Waals surface area contributed by atoms with Crippen LogP contribution in [0.3, 0.4) is 0 Å². The standard InChI is InChI=1S/C22H28N2O6S/c1-4-6-15-24(16-17-7-13-20(14-8-17)30-31(3,27)28)22(26)23-19-11-9-18(10-12-19)21(25)29-5-2/h7-14H,4-6,15-16H2,1-3H3,(H,23,26). The minimum Gasteiger partial charge on any atom is -0.462 e. The fraction of sp³-hybridized carbons (Fsp3) is 0.364. The fourth-order valence-corrected chi connectivity index (χ4v) is 3.21. The number of unbranched alkanes of at least 4 members (excludes halogenated alkanes) is 1. The highest BCUT2D eigenvalue weighted by Gasteiger charge is 2.15. The van der Waals surface area contributed by atoms with Crippen LogP contribution in [0, 0.1) is 0 Å². The van der Waals surface area contributed by atoms with Gasteiger partial charge in [-0.15, -0.1) is 0 Å². The Bertz CT molecular complexity index is 972. The zero-order valence-corrected chi connectivity index (χ0v) is 18.8. The van der Waals surface area contributed by atoms with E-state index in [1.807, 2.05) is 6.92 Å². The number of carbonyl (C=O) groups excluding carboxylic acids is 2. The zero-order chi connectivity index (χ0) is 22.9. The lowest BCUT2D eigenvalue weighted by molar-refractivity contribution is 0.0526. The first-order valence-corrected chi connectivity index (χ1v) is 11.8. The van der Waals surface area contributed by atoms with Crippen molar-refractivity contribution in [3.05, 3.63) is 59.7 Å². The molecule has 8 nitrogen and oxygen atoms in total. The molecular formula is C22H28N2O6S. The molecule has 2 aromatic rings. The van der Waals surface area contributed by atoms with Crippen molar-refractivity contribution in [3.63, 3.8) is 0 Å². The molecule has 0 aliphatic heterocycles. The van der Waals surface area contributed by atoms with E-state index < -0.39 is 16.1 Å². The summed E-state index contributed by atoms with van der Waals surface area (Å²) in [6, 6.07) is 12.8. The van der Waals surface area contributed by atoms with E-state index in [1.54, 1.807) is 60.4 Å². The molecule has 0 heterocycles. The summed E-state index contributed by atoms with van der Waals surface area (Å²) in [5.74, 6) is -0.189. The molecule has 2 rings (SSSR count). The third kappa shape index (κ3) is 8.29.